The van der Waals surface area contributed by atoms with Crippen molar-refractivity contribution in [2.45, 2.75) is 38.6 Å². The van der Waals surface area contributed by atoms with Gasteiger partial charge in [-0.05, 0) is 43.7 Å². The summed E-state index contributed by atoms with van der Waals surface area (Å²) in [6.45, 7) is 8.20. The average Bonchev–Trinajstić information content (AvgIpc) is 2.63. The van der Waals surface area contributed by atoms with Crippen molar-refractivity contribution in [1.82, 2.24) is 14.6 Å². The van der Waals surface area contributed by atoms with Crippen molar-refractivity contribution >= 4 is 15.9 Å². The number of nitrogens with one attached hydrogen (secondary N) is 1. The Morgan fingerprint density at radius 3 is 2.23 bits per heavy atom. The summed E-state index contributed by atoms with van der Waals surface area (Å²) in [6, 6.07) is 9.88. The first-order valence-corrected chi connectivity index (χ1v) is 10.1. The van der Waals surface area contributed by atoms with E-state index in [4.69, 9.17) is 0 Å². The van der Waals surface area contributed by atoms with Crippen LogP contribution in [-0.2, 0) is 10.0 Å². The maximum atomic E-state index is 12.5. The predicted octanol–water partition coefficient (Wildman–Crippen LogP) is 2.91. The Morgan fingerprint density at radius 1 is 1.12 bits per heavy atom. The van der Waals surface area contributed by atoms with Crippen molar-refractivity contribution < 1.29 is 13.2 Å². The number of hydrogen-bond donors (Lipinski definition) is 1. The van der Waals surface area contributed by atoms with Crippen molar-refractivity contribution in [2.24, 2.45) is 0 Å². The first kappa shape index (κ1) is 20.1. The lowest BCUT2D eigenvalue weighted by molar-refractivity contribution is 0.0939. The Kier molecular flexibility index (Phi) is 6.50. The largest absolute Gasteiger partial charge is 0.345 e. The van der Waals surface area contributed by atoms with E-state index in [1.807, 2.05) is 27.7 Å². The summed E-state index contributed by atoms with van der Waals surface area (Å²) in [5.41, 5.74) is 2.17. The van der Waals surface area contributed by atoms with Crippen molar-refractivity contribution in [3.8, 4) is 0 Å². The van der Waals surface area contributed by atoms with Crippen LogP contribution in [0.2, 0.25) is 0 Å². The monoisotopic (exact) mass is 375 g/mol. The number of rotatable bonds is 7. The maximum Gasteiger partial charge on any atom is 0.253 e. The molecular formula is C19H25N3O3S. The van der Waals surface area contributed by atoms with Gasteiger partial charge in [-0.1, -0.05) is 26.0 Å². The quantitative estimate of drug-likeness (QED) is 0.807. The van der Waals surface area contributed by atoms with E-state index in [1.54, 1.807) is 36.4 Å². The molecule has 1 N–H and O–H groups in total. The second kappa shape index (κ2) is 8.42. The number of nitrogens with zero attached hydrogens (tertiary/aromatic N) is 2. The summed E-state index contributed by atoms with van der Waals surface area (Å²) < 4.78 is 26.4. The van der Waals surface area contributed by atoms with E-state index in [-0.39, 0.29) is 16.8 Å². The van der Waals surface area contributed by atoms with Gasteiger partial charge >= 0.3 is 0 Å². The lowest BCUT2D eigenvalue weighted by atomic mass is 10.1. The fourth-order valence-electron chi connectivity index (χ4n) is 2.61. The van der Waals surface area contributed by atoms with Crippen molar-refractivity contribution in [3.05, 3.63) is 59.4 Å². The summed E-state index contributed by atoms with van der Waals surface area (Å²) in [4.78, 5) is 16.7. The highest BCUT2D eigenvalue weighted by Gasteiger charge is 2.21. The Balaban J connectivity index is 2.12. The van der Waals surface area contributed by atoms with Gasteiger partial charge in [0, 0.05) is 25.0 Å². The number of amides is 1. The van der Waals surface area contributed by atoms with Crippen LogP contribution in [0.25, 0.3) is 0 Å². The van der Waals surface area contributed by atoms with E-state index in [1.165, 1.54) is 10.5 Å². The van der Waals surface area contributed by atoms with Gasteiger partial charge in [-0.3, -0.25) is 9.78 Å². The molecule has 2 aromatic rings. The first-order valence-electron chi connectivity index (χ1n) is 8.63. The number of pyridine rings is 1. The highest BCUT2D eigenvalue weighted by atomic mass is 32.2. The number of aromatic nitrogens is 1. The molecule has 1 amide bonds. The number of hydrogen-bond acceptors (Lipinski definition) is 4. The fourth-order valence-corrected chi connectivity index (χ4v) is 4.06. The van der Waals surface area contributed by atoms with E-state index in [2.05, 4.69) is 10.3 Å². The minimum Gasteiger partial charge on any atom is -0.345 e. The minimum atomic E-state index is -3.48. The van der Waals surface area contributed by atoms with Crippen molar-refractivity contribution in [1.29, 1.82) is 0 Å². The smallest absolute Gasteiger partial charge is 0.253 e. The summed E-state index contributed by atoms with van der Waals surface area (Å²) in [7, 11) is -3.48. The number of benzene rings is 1. The summed E-state index contributed by atoms with van der Waals surface area (Å²) in [5, 5.41) is 2.90. The van der Waals surface area contributed by atoms with E-state index >= 15 is 0 Å². The van der Waals surface area contributed by atoms with Crippen LogP contribution < -0.4 is 5.32 Å². The molecule has 0 radical (unpaired) electrons. The summed E-state index contributed by atoms with van der Waals surface area (Å²) in [5.74, 6) is -0.218. The predicted molar refractivity (Wildman–Crippen MR) is 101 cm³/mol. The zero-order valence-electron chi connectivity index (χ0n) is 15.6. The fraction of sp³-hybridized carbons (Fsp3) is 0.368. The van der Waals surface area contributed by atoms with Crippen LogP contribution in [0.3, 0.4) is 0 Å². The second-order valence-corrected chi connectivity index (χ2v) is 7.98. The third kappa shape index (κ3) is 4.47. The highest BCUT2D eigenvalue weighted by molar-refractivity contribution is 7.89. The molecule has 0 spiro atoms. The Labute approximate surface area is 155 Å². The van der Waals surface area contributed by atoms with Gasteiger partial charge in [-0.15, -0.1) is 0 Å². The van der Waals surface area contributed by atoms with E-state index in [0.29, 0.717) is 18.7 Å². The molecule has 0 bridgehead atoms. The lowest BCUT2D eigenvalue weighted by Crippen LogP contribution is -2.30. The molecule has 7 heteroatoms. The molecule has 0 aliphatic rings. The van der Waals surface area contributed by atoms with Gasteiger partial charge in [0.05, 0.1) is 16.5 Å². The SMILES string of the molecule is CCN(CC)S(=O)(=O)c1ccc(C(C)NC(=O)c2ccc(C)nc2)cc1. The Hall–Kier alpha value is -2.25. The van der Waals surface area contributed by atoms with Gasteiger partial charge in [0.1, 0.15) is 0 Å². The second-order valence-electron chi connectivity index (χ2n) is 6.04. The van der Waals surface area contributed by atoms with Crippen molar-refractivity contribution in [2.75, 3.05) is 13.1 Å². The van der Waals surface area contributed by atoms with Crippen LogP contribution in [0.15, 0.2) is 47.5 Å². The average molecular weight is 375 g/mol. The van der Waals surface area contributed by atoms with Crippen LogP contribution in [0, 0.1) is 6.92 Å². The molecule has 0 aliphatic carbocycles. The Morgan fingerprint density at radius 2 is 1.73 bits per heavy atom. The maximum absolute atomic E-state index is 12.5. The van der Waals surface area contributed by atoms with Crippen LogP contribution >= 0.6 is 0 Å². The minimum absolute atomic E-state index is 0.218. The molecule has 0 saturated carbocycles. The molecule has 1 aromatic heterocycles. The first-order chi connectivity index (χ1) is 12.3. The van der Waals surface area contributed by atoms with Crippen molar-refractivity contribution in [3.63, 3.8) is 0 Å². The molecule has 1 heterocycles. The molecule has 1 unspecified atom stereocenters. The van der Waals surface area contributed by atoms with Gasteiger partial charge in [0.25, 0.3) is 5.91 Å². The summed E-state index contributed by atoms with van der Waals surface area (Å²) in [6.07, 6.45) is 1.54. The summed E-state index contributed by atoms with van der Waals surface area (Å²) >= 11 is 0. The number of sulfonamides is 1. The van der Waals surface area contributed by atoms with E-state index < -0.39 is 10.0 Å². The highest BCUT2D eigenvalue weighted by Crippen LogP contribution is 2.19. The molecule has 2 rings (SSSR count). The molecule has 6 nitrogen and oxygen atoms in total. The van der Waals surface area contributed by atoms with E-state index in [0.717, 1.165) is 11.3 Å². The van der Waals surface area contributed by atoms with Gasteiger partial charge < -0.3 is 5.32 Å². The normalized spacial score (nSPS) is 12.8. The number of carbonyl (C=O) groups is 1. The zero-order chi connectivity index (χ0) is 19.3. The standard InChI is InChI=1S/C19H25N3O3S/c1-5-22(6-2)26(24,25)18-11-9-16(10-12-18)15(4)21-19(23)17-8-7-14(3)20-13-17/h7-13,15H,5-6H2,1-4H3,(H,21,23). The van der Waals surface area contributed by atoms with Gasteiger partial charge in [0.2, 0.25) is 10.0 Å². The Bertz CT molecular complexity index is 843. The third-order valence-corrected chi connectivity index (χ3v) is 6.31. The van der Waals surface area contributed by atoms with Crippen LogP contribution in [0.4, 0.5) is 0 Å². The zero-order valence-corrected chi connectivity index (χ0v) is 16.4. The van der Waals surface area contributed by atoms with Gasteiger partial charge in [-0.2, -0.15) is 4.31 Å². The molecule has 0 fully saturated rings. The molecule has 0 aliphatic heterocycles. The number of carbonyl (C=O) groups excluding carboxylic acids is 1. The molecule has 26 heavy (non-hydrogen) atoms. The van der Waals surface area contributed by atoms with E-state index in [9.17, 15) is 13.2 Å². The molecular weight excluding hydrogens is 350 g/mol. The number of aryl methyl sites for hydroxylation is 1. The van der Waals surface area contributed by atoms with Gasteiger partial charge in [0.15, 0.2) is 0 Å². The van der Waals surface area contributed by atoms with Gasteiger partial charge in [-0.25, -0.2) is 8.42 Å². The van der Waals surface area contributed by atoms with Crippen LogP contribution in [0.5, 0.6) is 0 Å². The topological polar surface area (TPSA) is 79.4 Å². The third-order valence-electron chi connectivity index (χ3n) is 4.24. The van der Waals surface area contributed by atoms with Crippen LogP contribution in [-0.4, -0.2) is 36.7 Å². The van der Waals surface area contributed by atoms with Crippen LogP contribution in [0.1, 0.15) is 48.4 Å². The molecule has 0 saturated heterocycles. The molecule has 1 aromatic carbocycles. The molecule has 140 valence electrons. The lowest BCUT2D eigenvalue weighted by Gasteiger charge is -2.19. The molecule has 1 atom stereocenters.